The van der Waals surface area contributed by atoms with Gasteiger partial charge in [-0.2, -0.15) is 0 Å². The van der Waals surface area contributed by atoms with Crippen molar-refractivity contribution < 1.29 is 9.26 Å². The molecule has 1 unspecified atom stereocenters. The van der Waals surface area contributed by atoms with Crippen LogP contribution < -0.4 is 16.0 Å². The summed E-state index contributed by atoms with van der Waals surface area (Å²) in [5.74, 6) is 2.04. The van der Waals surface area contributed by atoms with Crippen LogP contribution in [0.3, 0.4) is 0 Å². The summed E-state index contributed by atoms with van der Waals surface area (Å²) in [5, 5.41) is 15.0. The highest BCUT2D eigenvalue weighted by atomic mass is 127. The van der Waals surface area contributed by atoms with Crippen LogP contribution in [0.5, 0.6) is 0 Å². The van der Waals surface area contributed by atoms with Crippen molar-refractivity contribution in [2.24, 2.45) is 4.99 Å². The zero-order valence-corrected chi connectivity index (χ0v) is 22.7. The fraction of sp³-hybridized carbons (Fsp3) is 0.600. The number of aliphatic imine (C=N–C) groups is 1. The normalized spacial score (nSPS) is 16.8. The zero-order valence-electron chi connectivity index (χ0n) is 20.4. The molecule has 3 rings (SSSR count). The SMILES string of the molecule is CCC(CC)c1cc(CNC(=NC)NCC2(NC(C)c3ccccc3)CCOCC2)on1.I. The van der Waals surface area contributed by atoms with E-state index in [0.29, 0.717) is 12.5 Å². The molecule has 3 N–H and O–H groups in total. The standard InChI is InChI=1S/C25H39N5O2.HI/c1-5-20(6-2)23-16-22(32-30-23)17-27-24(26-4)28-18-25(12-14-31-15-13-25)29-19(3)21-10-8-7-9-11-21;/h7-11,16,19-20,29H,5-6,12-15,17-18H2,1-4H3,(H2,26,27,28);1H. The molecule has 0 aliphatic carbocycles. The lowest BCUT2D eigenvalue weighted by Gasteiger charge is -2.41. The average molecular weight is 570 g/mol. The Kier molecular flexibility index (Phi) is 11.6. The number of hydrogen-bond donors (Lipinski definition) is 3. The number of hydrogen-bond acceptors (Lipinski definition) is 5. The topological polar surface area (TPSA) is 83.7 Å². The minimum Gasteiger partial charge on any atom is -0.381 e. The van der Waals surface area contributed by atoms with Crippen LogP contribution >= 0.6 is 24.0 Å². The highest BCUT2D eigenvalue weighted by molar-refractivity contribution is 14.0. The lowest BCUT2D eigenvalue weighted by molar-refractivity contribution is 0.0355. The van der Waals surface area contributed by atoms with Gasteiger partial charge in [-0.25, -0.2) is 0 Å². The first-order valence-corrected chi connectivity index (χ1v) is 11.9. The molecule has 2 heterocycles. The zero-order chi connectivity index (χ0) is 22.8. The van der Waals surface area contributed by atoms with Gasteiger partial charge in [0, 0.05) is 50.4 Å². The summed E-state index contributed by atoms with van der Waals surface area (Å²) in [4.78, 5) is 4.40. The molecule has 33 heavy (non-hydrogen) atoms. The second-order valence-corrected chi connectivity index (χ2v) is 8.68. The van der Waals surface area contributed by atoms with Crippen molar-refractivity contribution in [3.8, 4) is 0 Å². The van der Waals surface area contributed by atoms with Crippen LogP contribution in [0, 0.1) is 0 Å². The Morgan fingerprint density at radius 3 is 2.45 bits per heavy atom. The third-order valence-electron chi connectivity index (χ3n) is 6.50. The van der Waals surface area contributed by atoms with Gasteiger partial charge in [-0.3, -0.25) is 4.99 Å². The fourth-order valence-corrected chi connectivity index (χ4v) is 4.37. The lowest BCUT2D eigenvalue weighted by atomic mass is 9.88. The number of halogens is 1. The smallest absolute Gasteiger partial charge is 0.191 e. The summed E-state index contributed by atoms with van der Waals surface area (Å²) in [7, 11) is 1.79. The van der Waals surface area contributed by atoms with E-state index in [4.69, 9.17) is 9.26 Å². The van der Waals surface area contributed by atoms with Crippen LogP contribution in [-0.4, -0.2) is 43.5 Å². The second-order valence-electron chi connectivity index (χ2n) is 8.68. The molecule has 0 saturated carbocycles. The summed E-state index contributed by atoms with van der Waals surface area (Å²) in [6.07, 6.45) is 4.04. The molecule has 1 saturated heterocycles. The van der Waals surface area contributed by atoms with Gasteiger partial charge in [-0.1, -0.05) is 49.3 Å². The largest absolute Gasteiger partial charge is 0.381 e. The molecule has 2 aromatic rings. The summed E-state index contributed by atoms with van der Waals surface area (Å²) in [6, 6.07) is 12.9. The molecule has 0 amide bonds. The fourth-order valence-electron chi connectivity index (χ4n) is 4.37. The van der Waals surface area contributed by atoms with Crippen molar-refractivity contribution in [1.82, 2.24) is 21.1 Å². The van der Waals surface area contributed by atoms with Crippen LogP contribution in [0.1, 0.15) is 75.4 Å². The Balaban J connectivity index is 0.00000385. The molecule has 0 bridgehead atoms. The van der Waals surface area contributed by atoms with Gasteiger partial charge < -0.3 is 25.2 Å². The first-order chi connectivity index (χ1) is 15.6. The Morgan fingerprint density at radius 2 is 1.82 bits per heavy atom. The van der Waals surface area contributed by atoms with Gasteiger partial charge in [0.2, 0.25) is 0 Å². The number of nitrogens with one attached hydrogen (secondary N) is 3. The highest BCUT2D eigenvalue weighted by Gasteiger charge is 2.34. The molecule has 1 aliphatic heterocycles. The predicted molar refractivity (Wildman–Crippen MR) is 144 cm³/mol. The van der Waals surface area contributed by atoms with Gasteiger partial charge in [-0.05, 0) is 38.2 Å². The van der Waals surface area contributed by atoms with Gasteiger partial charge in [0.25, 0.3) is 0 Å². The first kappa shape index (κ1) is 27.6. The van der Waals surface area contributed by atoms with Crippen LogP contribution in [0.25, 0.3) is 0 Å². The van der Waals surface area contributed by atoms with E-state index in [1.165, 1.54) is 5.56 Å². The summed E-state index contributed by atoms with van der Waals surface area (Å²) in [6.45, 7) is 9.44. The number of benzene rings is 1. The van der Waals surface area contributed by atoms with E-state index in [9.17, 15) is 0 Å². The Hall–Kier alpha value is -1.65. The summed E-state index contributed by atoms with van der Waals surface area (Å²) >= 11 is 0. The lowest BCUT2D eigenvalue weighted by Crippen LogP contribution is -2.58. The van der Waals surface area contributed by atoms with Gasteiger partial charge in [-0.15, -0.1) is 24.0 Å². The highest BCUT2D eigenvalue weighted by Crippen LogP contribution is 2.25. The van der Waals surface area contributed by atoms with E-state index < -0.39 is 0 Å². The van der Waals surface area contributed by atoms with E-state index in [2.05, 4.69) is 83.3 Å². The summed E-state index contributed by atoms with van der Waals surface area (Å²) < 4.78 is 11.2. The van der Waals surface area contributed by atoms with Gasteiger partial charge in [0.15, 0.2) is 11.7 Å². The van der Waals surface area contributed by atoms with Crippen molar-refractivity contribution in [3.05, 3.63) is 53.4 Å². The minimum atomic E-state index is -0.0555. The molecule has 1 atom stereocenters. The quantitative estimate of drug-likeness (QED) is 0.218. The molecule has 8 heteroatoms. The molecule has 7 nitrogen and oxygen atoms in total. The number of ether oxygens (including phenoxy) is 1. The van der Waals surface area contributed by atoms with Crippen molar-refractivity contribution in [3.63, 3.8) is 0 Å². The van der Waals surface area contributed by atoms with Crippen LogP contribution in [0.15, 0.2) is 45.9 Å². The predicted octanol–water partition coefficient (Wildman–Crippen LogP) is 4.76. The molecular weight excluding hydrogens is 529 g/mol. The van der Waals surface area contributed by atoms with Crippen molar-refractivity contribution in [2.45, 2.75) is 70.5 Å². The molecule has 0 radical (unpaired) electrons. The van der Waals surface area contributed by atoms with E-state index in [-0.39, 0.29) is 35.6 Å². The first-order valence-electron chi connectivity index (χ1n) is 11.9. The van der Waals surface area contributed by atoms with Crippen LogP contribution in [-0.2, 0) is 11.3 Å². The van der Waals surface area contributed by atoms with E-state index in [1.807, 2.05) is 0 Å². The maximum absolute atomic E-state index is 5.66. The third kappa shape index (κ3) is 7.96. The Labute approximate surface area is 215 Å². The summed E-state index contributed by atoms with van der Waals surface area (Å²) in [5.41, 5.74) is 2.27. The molecule has 1 aromatic heterocycles. The molecule has 1 aromatic carbocycles. The number of guanidine groups is 1. The van der Waals surface area contributed by atoms with Gasteiger partial charge >= 0.3 is 0 Å². The molecule has 184 valence electrons. The van der Waals surface area contributed by atoms with Crippen molar-refractivity contribution in [1.29, 1.82) is 0 Å². The van der Waals surface area contributed by atoms with Crippen LogP contribution in [0.4, 0.5) is 0 Å². The van der Waals surface area contributed by atoms with E-state index in [0.717, 1.165) is 62.9 Å². The maximum atomic E-state index is 5.66. The van der Waals surface area contributed by atoms with E-state index in [1.54, 1.807) is 7.05 Å². The molecule has 1 fully saturated rings. The van der Waals surface area contributed by atoms with Crippen LogP contribution in [0.2, 0.25) is 0 Å². The van der Waals surface area contributed by atoms with Crippen molar-refractivity contribution >= 4 is 29.9 Å². The number of rotatable bonds is 10. The Bertz CT molecular complexity index is 832. The second kappa shape index (κ2) is 13.9. The average Bonchev–Trinajstić information content (AvgIpc) is 3.30. The van der Waals surface area contributed by atoms with Crippen molar-refractivity contribution in [2.75, 3.05) is 26.8 Å². The van der Waals surface area contributed by atoms with Gasteiger partial charge in [0.05, 0.1) is 12.2 Å². The monoisotopic (exact) mass is 569 g/mol. The number of aromatic nitrogens is 1. The third-order valence-corrected chi connectivity index (χ3v) is 6.50. The number of nitrogens with zero attached hydrogens (tertiary/aromatic N) is 2. The maximum Gasteiger partial charge on any atom is 0.191 e. The Morgan fingerprint density at radius 1 is 1.12 bits per heavy atom. The molecular formula is C25H40IN5O2. The van der Waals surface area contributed by atoms with E-state index >= 15 is 0 Å². The minimum absolute atomic E-state index is 0. The molecule has 1 aliphatic rings. The molecule has 0 spiro atoms. The van der Waals surface area contributed by atoms with Gasteiger partial charge in [0.1, 0.15) is 0 Å².